The largest absolute Gasteiger partial charge is 0.330 e. The van der Waals surface area contributed by atoms with E-state index in [0.717, 1.165) is 19.0 Å². The van der Waals surface area contributed by atoms with Gasteiger partial charge in [0.2, 0.25) is 0 Å². The van der Waals surface area contributed by atoms with Crippen LogP contribution in [-0.2, 0) is 0 Å². The van der Waals surface area contributed by atoms with Gasteiger partial charge in [-0.15, -0.1) is 0 Å². The summed E-state index contributed by atoms with van der Waals surface area (Å²) >= 11 is 2.07. The van der Waals surface area contributed by atoms with Crippen molar-refractivity contribution in [3.05, 3.63) is 0 Å². The van der Waals surface area contributed by atoms with E-state index in [2.05, 4.69) is 23.6 Å². The average molecular weight is 174 g/mol. The Morgan fingerprint density at radius 3 is 3.09 bits per heavy atom. The molecule has 2 nitrogen and oxygen atoms in total. The Kier molecular flexibility index (Phi) is 4.26. The quantitative estimate of drug-likeness (QED) is 0.685. The van der Waals surface area contributed by atoms with Gasteiger partial charge < -0.3 is 5.73 Å². The molecular formula is C8H18N2S. The second-order valence-electron chi connectivity index (χ2n) is 3.10. The van der Waals surface area contributed by atoms with E-state index in [1.807, 2.05) is 0 Å². The second kappa shape index (κ2) is 5.01. The minimum atomic E-state index is 0.764. The topological polar surface area (TPSA) is 29.3 Å². The third-order valence-electron chi connectivity index (χ3n) is 2.15. The minimum Gasteiger partial charge on any atom is -0.330 e. The molecule has 3 heteroatoms. The monoisotopic (exact) mass is 174 g/mol. The molecule has 0 aromatic heterocycles. The lowest BCUT2D eigenvalue weighted by Crippen LogP contribution is -2.41. The van der Waals surface area contributed by atoms with E-state index in [1.54, 1.807) is 0 Å². The molecule has 0 aliphatic carbocycles. The zero-order valence-electron chi connectivity index (χ0n) is 7.25. The molecule has 0 aromatic carbocycles. The van der Waals surface area contributed by atoms with Crippen LogP contribution in [0.2, 0.25) is 0 Å². The van der Waals surface area contributed by atoms with Crippen molar-refractivity contribution >= 4 is 11.8 Å². The number of rotatable bonds is 3. The molecule has 1 heterocycles. The van der Waals surface area contributed by atoms with Gasteiger partial charge in [0.15, 0.2) is 0 Å². The Balaban J connectivity index is 2.18. The Morgan fingerprint density at radius 2 is 2.45 bits per heavy atom. The summed E-state index contributed by atoms with van der Waals surface area (Å²) in [4.78, 5) is 2.54. The summed E-state index contributed by atoms with van der Waals surface area (Å²) in [6, 6.07) is 0.764. The van der Waals surface area contributed by atoms with Crippen molar-refractivity contribution in [1.29, 1.82) is 0 Å². The van der Waals surface area contributed by atoms with Gasteiger partial charge in [-0.2, -0.15) is 11.8 Å². The van der Waals surface area contributed by atoms with Gasteiger partial charge in [-0.3, -0.25) is 4.90 Å². The SMILES string of the molecule is CC1CSCCN1CCCN. The average Bonchev–Trinajstić information content (AvgIpc) is 2.03. The van der Waals surface area contributed by atoms with E-state index in [1.165, 1.54) is 24.6 Å². The lowest BCUT2D eigenvalue weighted by molar-refractivity contribution is 0.231. The predicted octanol–water partition coefficient (Wildman–Crippen LogP) is 0.772. The molecule has 0 aromatic rings. The molecule has 1 rings (SSSR count). The molecule has 0 spiro atoms. The molecule has 2 N–H and O–H groups in total. The van der Waals surface area contributed by atoms with Crippen molar-refractivity contribution in [3.63, 3.8) is 0 Å². The first-order valence-corrected chi connectivity index (χ1v) is 5.52. The summed E-state index contributed by atoms with van der Waals surface area (Å²) in [6.45, 7) is 5.59. The number of nitrogens with zero attached hydrogens (tertiary/aromatic N) is 1. The highest BCUT2D eigenvalue weighted by Crippen LogP contribution is 2.15. The second-order valence-corrected chi connectivity index (χ2v) is 4.25. The molecule has 1 unspecified atom stereocenters. The first-order chi connectivity index (χ1) is 5.34. The maximum atomic E-state index is 5.46. The maximum absolute atomic E-state index is 5.46. The van der Waals surface area contributed by atoms with Crippen molar-refractivity contribution in [1.82, 2.24) is 4.90 Å². The van der Waals surface area contributed by atoms with Gasteiger partial charge in [-0.05, 0) is 26.4 Å². The normalized spacial score (nSPS) is 27.3. The highest BCUT2D eigenvalue weighted by molar-refractivity contribution is 7.99. The number of thioether (sulfide) groups is 1. The Labute approximate surface area is 73.5 Å². The zero-order chi connectivity index (χ0) is 8.10. The van der Waals surface area contributed by atoms with Crippen LogP contribution in [0.25, 0.3) is 0 Å². The standard InChI is InChI=1S/C8H18N2S/c1-8-7-11-6-5-10(8)4-2-3-9/h8H,2-7,9H2,1H3. The lowest BCUT2D eigenvalue weighted by Gasteiger charge is -2.32. The molecule has 1 fully saturated rings. The highest BCUT2D eigenvalue weighted by atomic mass is 32.2. The zero-order valence-corrected chi connectivity index (χ0v) is 8.07. The van der Waals surface area contributed by atoms with Crippen LogP contribution in [-0.4, -0.2) is 42.1 Å². The van der Waals surface area contributed by atoms with Crippen LogP contribution < -0.4 is 5.73 Å². The fourth-order valence-electron chi connectivity index (χ4n) is 1.39. The molecule has 0 amide bonds. The van der Waals surface area contributed by atoms with Gasteiger partial charge in [-0.25, -0.2) is 0 Å². The van der Waals surface area contributed by atoms with Crippen LogP contribution in [0.4, 0.5) is 0 Å². The lowest BCUT2D eigenvalue weighted by atomic mass is 10.3. The third-order valence-corrected chi connectivity index (χ3v) is 3.34. The van der Waals surface area contributed by atoms with E-state index >= 15 is 0 Å². The van der Waals surface area contributed by atoms with Gasteiger partial charge >= 0.3 is 0 Å². The van der Waals surface area contributed by atoms with Crippen molar-refractivity contribution in [2.45, 2.75) is 19.4 Å². The number of hydrogen-bond donors (Lipinski definition) is 1. The highest BCUT2D eigenvalue weighted by Gasteiger charge is 2.16. The van der Waals surface area contributed by atoms with Crippen LogP contribution in [0.3, 0.4) is 0 Å². The van der Waals surface area contributed by atoms with Crippen LogP contribution in [0.5, 0.6) is 0 Å². The first-order valence-electron chi connectivity index (χ1n) is 4.36. The van der Waals surface area contributed by atoms with Crippen LogP contribution in [0.1, 0.15) is 13.3 Å². The third kappa shape index (κ3) is 3.01. The molecule has 1 saturated heterocycles. The van der Waals surface area contributed by atoms with E-state index in [-0.39, 0.29) is 0 Å². The predicted molar refractivity (Wildman–Crippen MR) is 52.0 cm³/mol. The van der Waals surface area contributed by atoms with Gasteiger partial charge in [0, 0.05) is 24.1 Å². The van der Waals surface area contributed by atoms with Crippen LogP contribution >= 0.6 is 11.8 Å². The van der Waals surface area contributed by atoms with E-state index in [4.69, 9.17) is 5.73 Å². The Morgan fingerprint density at radius 1 is 1.64 bits per heavy atom. The molecule has 0 saturated carbocycles. The smallest absolute Gasteiger partial charge is 0.0158 e. The summed E-state index contributed by atoms with van der Waals surface area (Å²) < 4.78 is 0. The summed E-state index contributed by atoms with van der Waals surface area (Å²) in [5, 5.41) is 0. The molecular weight excluding hydrogens is 156 g/mol. The van der Waals surface area contributed by atoms with Crippen LogP contribution in [0.15, 0.2) is 0 Å². The molecule has 1 atom stereocenters. The molecule has 1 aliphatic heterocycles. The number of nitrogens with two attached hydrogens (primary N) is 1. The van der Waals surface area contributed by atoms with Gasteiger partial charge in [-0.1, -0.05) is 0 Å². The summed E-state index contributed by atoms with van der Waals surface area (Å²) in [6.07, 6.45) is 1.15. The molecule has 1 aliphatic rings. The Hall–Kier alpha value is 0.270. The fraction of sp³-hybridized carbons (Fsp3) is 1.00. The van der Waals surface area contributed by atoms with E-state index in [9.17, 15) is 0 Å². The Bertz CT molecular complexity index is 108. The van der Waals surface area contributed by atoms with Gasteiger partial charge in [0.1, 0.15) is 0 Å². The van der Waals surface area contributed by atoms with Gasteiger partial charge in [0.05, 0.1) is 0 Å². The first kappa shape index (κ1) is 9.36. The van der Waals surface area contributed by atoms with Crippen molar-refractivity contribution in [3.8, 4) is 0 Å². The van der Waals surface area contributed by atoms with E-state index < -0.39 is 0 Å². The van der Waals surface area contributed by atoms with Crippen molar-refractivity contribution in [2.24, 2.45) is 5.73 Å². The maximum Gasteiger partial charge on any atom is 0.0158 e. The van der Waals surface area contributed by atoms with E-state index in [0.29, 0.717) is 0 Å². The fourth-order valence-corrected chi connectivity index (χ4v) is 2.47. The van der Waals surface area contributed by atoms with Gasteiger partial charge in [0.25, 0.3) is 0 Å². The molecule has 0 bridgehead atoms. The summed E-state index contributed by atoms with van der Waals surface area (Å²) in [7, 11) is 0. The summed E-state index contributed by atoms with van der Waals surface area (Å²) in [5.74, 6) is 2.60. The molecule has 0 radical (unpaired) electrons. The van der Waals surface area contributed by atoms with Crippen molar-refractivity contribution < 1.29 is 0 Å². The number of hydrogen-bond acceptors (Lipinski definition) is 3. The molecule has 11 heavy (non-hydrogen) atoms. The van der Waals surface area contributed by atoms with Crippen LogP contribution in [0, 0.1) is 0 Å². The summed E-state index contributed by atoms with van der Waals surface area (Å²) in [5.41, 5.74) is 5.46. The minimum absolute atomic E-state index is 0.764. The van der Waals surface area contributed by atoms with Crippen molar-refractivity contribution in [2.75, 3.05) is 31.1 Å². The molecule has 66 valence electrons.